The highest BCUT2D eigenvalue weighted by Crippen LogP contribution is 2.42. The number of ether oxygens (including phenoxy) is 1. The van der Waals surface area contributed by atoms with Gasteiger partial charge in [0.1, 0.15) is 17.6 Å². The smallest absolute Gasteiger partial charge is 0.407 e. The summed E-state index contributed by atoms with van der Waals surface area (Å²) < 4.78 is 10.5. The number of amides is 2. The summed E-state index contributed by atoms with van der Waals surface area (Å²) in [6.45, 7) is 10.3. The summed E-state index contributed by atoms with van der Waals surface area (Å²) in [5.41, 5.74) is 1.09. The van der Waals surface area contributed by atoms with Gasteiger partial charge in [0, 0.05) is 12.0 Å². The van der Waals surface area contributed by atoms with Crippen molar-refractivity contribution < 1.29 is 18.7 Å². The lowest BCUT2D eigenvalue weighted by molar-refractivity contribution is -0.124. The first-order chi connectivity index (χ1) is 11.6. The van der Waals surface area contributed by atoms with Crippen molar-refractivity contribution in [3.63, 3.8) is 0 Å². The van der Waals surface area contributed by atoms with E-state index in [0.717, 1.165) is 29.9 Å². The van der Waals surface area contributed by atoms with Gasteiger partial charge in [0.05, 0.1) is 13.2 Å². The van der Waals surface area contributed by atoms with Crippen molar-refractivity contribution in [1.29, 1.82) is 0 Å². The van der Waals surface area contributed by atoms with Crippen molar-refractivity contribution in [1.82, 2.24) is 10.6 Å². The fourth-order valence-corrected chi connectivity index (χ4v) is 3.49. The van der Waals surface area contributed by atoms with Crippen LogP contribution in [0.4, 0.5) is 4.79 Å². The molecule has 0 aliphatic heterocycles. The van der Waals surface area contributed by atoms with Crippen LogP contribution in [0.15, 0.2) is 10.5 Å². The third-order valence-electron chi connectivity index (χ3n) is 4.55. The van der Waals surface area contributed by atoms with Gasteiger partial charge >= 0.3 is 6.09 Å². The molecule has 2 N–H and O–H groups in total. The Kier molecular flexibility index (Phi) is 5.80. The normalized spacial score (nSPS) is 19.9. The van der Waals surface area contributed by atoms with Crippen LogP contribution in [0, 0.1) is 18.3 Å². The van der Waals surface area contributed by atoms with Gasteiger partial charge in [0.25, 0.3) is 0 Å². The van der Waals surface area contributed by atoms with E-state index in [0.29, 0.717) is 6.42 Å². The number of alkyl carbamates (subject to hydrolysis) is 1. The maximum absolute atomic E-state index is 12.8. The van der Waals surface area contributed by atoms with Crippen molar-refractivity contribution in [2.75, 3.05) is 7.11 Å². The Bertz CT molecular complexity index is 633. The maximum atomic E-state index is 12.8. The SMILES string of the molecule is COC(=O)NC(CC(C)C)C(=O)NC1CC(C)(C)Cc2oc(C)cc21. The largest absolute Gasteiger partial charge is 0.466 e. The van der Waals surface area contributed by atoms with Gasteiger partial charge in [-0.05, 0) is 37.2 Å². The first-order valence-electron chi connectivity index (χ1n) is 8.85. The van der Waals surface area contributed by atoms with E-state index in [4.69, 9.17) is 4.42 Å². The zero-order chi connectivity index (χ0) is 18.8. The van der Waals surface area contributed by atoms with Crippen LogP contribution in [0.2, 0.25) is 0 Å². The van der Waals surface area contributed by atoms with Gasteiger partial charge in [-0.1, -0.05) is 27.7 Å². The van der Waals surface area contributed by atoms with E-state index in [1.807, 2.05) is 26.8 Å². The van der Waals surface area contributed by atoms with Crippen LogP contribution in [-0.4, -0.2) is 25.2 Å². The molecule has 1 aromatic rings. The summed E-state index contributed by atoms with van der Waals surface area (Å²) in [6, 6.07) is 1.27. The number of carbonyl (C=O) groups is 2. The molecule has 2 amide bonds. The summed E-state index contributed by atoms with van der Waals surface area (Å²) in [5.74, 6) is 1.88. The molecule has 2 unspecified atom stereocenters. The molecule has 25 heavy (non-hydrogen) atoms. The fraction of sp³-hybridized carbons (Fsp3) is 0.684. The summed E-state index contributed by atoms with van der Waals surface area (Å²) in [7, 11) is 1.30. The van der Waals surface area contributed by atoms with Crippen molar-refractivity contribution in [2.45, 2.75) is 66.0 Å². The Labute approximate surface area is 149 Å². The van der Waals surface area contributed by atoms with E-state index in [1.54, 1.807) is 0 Å². The Morgan fingerprint density at radius 2 is 2.08 bits per heavy atom. The van der Waals surface area contributed by atoms with Crippen LogP contribution in [0.1, 0.15) is 63.7 Å². The number of carbonyl (C=O) groups excluding carboxylic acids is 2. The second kappa shape index (κ2) is 7.50. The topological polar surface area (TPSA) is 80.6 Å². The van der Waals surface area contributed by atoms with Crippen molar-refractivity contribution in [3.05, 3.63) is 23.2 Å². The minimum Gasteiger partial charge on any atom is -0.466 e. The number of fused-ring (bicyclic) bond motifs is 1. The van der Waals surface area contributed by atoms with Crippen LogP contribution in [0.5, 0.6) is 0 Å². The zero-order valence-corrected chi connectivity index (χ0v) is 16.1. The average molecular weight is 350 g/mol. The van der Waals surface area contributed by atoms with Gasteiger partial charge in [-0.2, -0.15) is 0 Å². The van der Waals surface area contributed by atoms with Crippen LogP contribution in [0.3, 0.4) is 0 Å². The molecule has 2 rings (SSSR count). The number of aryl methyl sites for hydroxylation is 1. The summed E-state index contributed by atoms with van der Waals surface area (Å²) in [6.07, 6.45) is 1.65. The van der Waals surface area contributed by atoms with Gasteiger partial charge in [-0.25, -0.2) is 4.79 Å². The summed E-state index contributed by atoms with van der Waals surface area (Å²) in [5, 5.41) is 5.75. The van der Waals surface area contributed by atoms with Crippen LogP contribution in [0.25, 0.3) is 0 Å². The van der Waals surface area contributed by atoms with Gasteiger partial charge in [-0.3, -0.25) is 4.79 Å². The molecule has 6 heteroatoms. The van der Waals surface area contributed by atoms with E-state index < -0.39 is 12.1 Å². The van der Waals surface area contributed by atoms with E-state index >= 15 is 0 Å². The number of nitrogens with one attached hydrogen (secondary N) is 2. The third kappa shape index (κ3) is 5.00. The van der Waals surface area contributed by atoms with Crippen LogP contribution < -0.4 is 10.6 Å². The highest BCUT2D eigenvalue weighted by molar-refractivity contribution is 5.86. The number of methoxy groups -OCH3 is 1. The molecule has 0 saturated carbocycles. The third-order valence-corrected chi connectivity index (χ3v) is 4.55. The molecule has 0 spiro atoms. The minimum atomic E-state index is -0.617. The van der Waals surface area contributed by atoms with Gasteiger partial charge < -0.3 is 19.8 Å². The molecule has 0 bridgehead atoms. The van der Waals surface area contributed by atoms with Crippen molar-refractivity contribution in [2.24, 2.45) is 11.3 Å². The van der Waals surface area contributed by atoms with Crippen molar-refractivity contribution >= 4 is 12.0 Å². The molecule has 6 nitrogen and oxygen atoms in total. The zero-order valence-electron chi connectivity index (χ0n) is 16.1. The van der Waals surface area contributed by atoms with Crippen LogP contribution >= 0.6 is 0 Å². The Balaban J connectivity index is 2.17. The highest BCUT2D eigenvalue weighted by atomic mass is 16.5. The fourth-order valence-electron chi connectivity index (χ4n) is 3.49. The van der Waals surface area contributed by atoms with E-state index in [9.17, 15) is 9.59 Å². The lowest BCUT2D eigenvalue weighted by Gasteiger charge is -2.35. The minimum absolute atomic E-state index is 0.0402. The molecule has 1 aliphatic rings. The summed E-state index contributed by atoms with van der Waals surface area (Å²) >= 11 is 0. The van der Waals surface area contributed by atoms with E-state index in [2.05, 4.69) is 29.2 Å². The second-order valence-electron chi connectivity index (χ2n) is 8.16. The maximum Gasteiger partial charge on any atom is 0.407 e. The predicted molar refractivity (Wildman–Crippen MR) is 95.2 cm³/mol. The number of furan rings is 1. The predicted octanol–water partition coefficient (Wildman–Crippen LogP) is 3.49. The molecule has 2 atom stereocenters. The molecule has 1 aliphatic carbocycles. The Morgan fingerprint density at radius 1 is 1.40 bits per heavy atom. The van der Waals surface area contributed by atoms with Crippen molar-refractivity contribution in [3.8, 4) is 0 Å². The molecule has 1 aromatic heterocycles. The quantitative estimate of drug-likeness (QED) is 0.852. The highest BCUT2D eigenvalue weighted by Gasteiger charge is 2.36. The summed E-state index contributed by atoms with van der Waals surface area (Å²) in [4.78, 5) is 24.4. The Hall–Kier alpha value is -1.98. The molecule has 0 fully saturated rings. The molecule has 0 saturated heterocycles. The number of hydrogen-bond acceptors (Lipinski definition) is 4. The van der Waals surface area contributed by atoms with Gasteiger partial charge in [-0.15, -0.1) is 0 Å². The number of hydrogen-bond donors (Lipinski definition) is 2. The van der Waals surface area contributed by atoms with Gasteiger partial charge in [0.2, 0.25) is 5.91 Å². The monoisotopic (exact) mass is 350 g/mol. The van der Waals surface area contributed by atoms with Gasteiger partial charge in [0.15, 0.2) is 0 Å². The lowest BCUT2D eigenvalue weighted by atomic mass is 9.74. The molecule has 0 aromatic carbocycles. The average Bonchev–Trinajstić information content (AvgIpc) is 2.84. The lowest BCUT2D eigenvalue weighted by Crippen LogP contribution is -2.49. The molecule has 140 valence electrons. The molecular weight excluding hydrogens is 320 g/mol. The number of rotatable bonds is 5. The molecule has 1 heterocycles. The van der Waals surface area contributed by atoms with E-state index in [1.165, 1.54) is 7.11 Å². The van der Waals surface area contributed by atoms with Crippen LogP contribution in [-0.2, 0) is 16.0 Å². The first-order valence-corrected chi connectivity index (χ1v) is 8.85. The Morgan fingerprint density at radius 3 is 2.68 bits per heavy atom. The first kappa shape index (κ1) is 19.3. The second-order valence-corrected chi connectivity index (χ2v) is 8.16. The standard InChI is InChI=1S/C19H30N2O4/c1-11(2)7-14(21-18(23)24-6)17(22)20-15-9-19(4,5)10-16-13(15)8-12(3)25-16/h8,11,14-15H,7,9-10H2,1-6H3,(H,20,22)(H,21,23). The van der Waals surface area contributed by atoms with E-state index in [-0.39, 0.29) is 23.3 Å². The molecule has 0 radical (unpaired) electrons. The molecular formula is C19H30N2O4.